The summed E-state index contributed by atoms with van der Waals surface area (Å²) in [5.41, 5.74) is -1.06. The molecule has 0 radical (unpaired) electrons. The molecule has 1 aliphatic rings. The molecule has 1 fully saturated rings. The molecule has 0 aliphatic carbocycles. The van der Waals surface area contributed by atoms with Crippen LogP contribution in [0.2, 0.25) is 0 Å². The highest BCUT2D eigenvalue weighted by molar-refractivity contribution is 5.89. The molecule has 0 bridgehead atoms. The van der Waals surface area contributed by atoms with E-state index < -0.39 is 16.8 Å². The van der Waals surface area contributed by atoms with Crippen molar-refractivity contribution >= 4 is 16.7 Å². The SMILES string of the molecule is COC(=O)[C@@](C)(c1ccc2cc(OC)ccc2c1)[C@]1(C)COC(C)(C)O1. The zero-order valence-electron chi connectivity index (χ0n) is 16.2. The zero-order valence-corrected chi connectivity index (χ0v) is 16.2. The van der Waals surface area contributed by atoms with Crippen LogP contribution in [0.5, 0.6) is 5.75 Å². The van der Waals surface area contributed by atoms with Gasteiger partial charge in [-0.25, -0.2) is 0 Å². The summed E-state index contributed by atoms with van der Waals surface area (Å²) < 4.78 is 22.4. The largest absolute Gasteiger partial charge is 0.497 e. The van der Waals surface area contributed by atoms with E-state index in [1.807, 2.05) is 64.1 Å². The molecular weight excluding hydrogens is 332 g/mol. The second kappa shape index (κ2) is 6.25. The maximum Gasteiger partial charge on any atom is 0.319 e. The van der Waals surface area contributed by atoms with Crippen molar-refractivity contribution in [1.82, 2.24) is 0 Å². The van der Waals surface area contributed by atoms with E-state index in [4.69, 9.17) is 18.9 Å². The first kappa shape index (κ1) is 18.7. The van der Waals surface area contributed by atoms with E-state index >= 15 is 0 Å². The van der Waals surface area contributed by atoms with Gasteiger partial charge >= 0.3 is 5.97 Å². The van der Waals surface area contributed by atoms with E-state index in [9.17, 15) is 4.79 Å². The Labute approximate surface area is 154 Å². The van der Waals surface area contributed by atoms with Gasteiger partial charge in [0.05, 0.1) is 20.8 Å². The Morgan fingerprint density at radius 3 is 2.31 bits per heavy atom. The Bertz CT molecular complexity index is 843. The second-order valence-electron chi connectivity index (χ2n) is 7.57. The van der Waals surface area contributed by atoms with Crippen molar-refractivity contribution in [2.24, 2.45) is 0 Å². The number of fused-ring (bicyclic) bond motifs is 1. The quantitative estimate of drug-likeness (QED) is 0.778. The Hall–Kier alpha value is -2.11. The molecule has 0 spiro atoms. The number of rotatable bonds is 4. The lowest BCUT2D eigenvalue weighted by Crippen LogP contribution is -2.55. The van der Waals surface area contributed by atoms with E-state index in [1.54, 1.807) is 7.11 Å². The number of hydrogen-bond acceptors (Lipinski definition) is 5. The van der Waals surface area contributed by atoms with Gasteiger partial charge in [0.1, 0.15) is 16.8 Å². The van der Waals surface area contributed by atoms with Gasteiger partial charge in [0, 0.05) is 0 Å². The lowest BCUT2D eigenvalue weighted by Gasteiger charge is -2.41. The Kier molecular flexibility index (Phi) is 4.49. The number of benzene rings is 2. The smallest absolute Gasteiger partial charge is 0.319 e. The van der Waals surface area contributed by atoms with Crippen molar-refractivity contribution in [2.75, 3.05) is 20.8 Å². The molecule has 140 valence electrons. The number of esters is 1. The molecule has 26 heavy (non-hydrogen) atoms. The van der Waals surface area contributed by atoms with E-state index in [-0.39, 0.29) is 5.97 Å². The van der Waals surface area contributed by atoms with Crippen LogP contribution in [0.1, 0.15) is 33.3 Å². The number of methoxy groups -OCH3 is 2. The summed E-state index contributed by atoms with van der Waals surface area (Å²) >= 11 is 0. The van der Waals surface area contributed by atoms with Crippen molar-refractivity contribution < 1.29 is 23.7 Å². The average molecular weight is 358 g/mol. The molecule has 5 heteroatoms. The van der Waals surface area contributed by atoms with Crippen LogP contribution in [-0.4, -0.2) is 38.2 Å². The van der Waals surface area contributed by atoms with Gasteiger partial charge in [-0.1, -0.05) is 18.2 Å². The van der Waals surface area contributed by atoms with Crippen LogP contribution in [-0.2, 0) is 24.4 Å². The lowest BCUT2D eigenvalue weighted by molar-refractivity contribution is -0.184. The standard InChI is InChI=1S/C21H26O5/c1-19(2)25-13-20(3,26-19)21(4,18(22)24-6)16-9-7-15-12-17(23-5)10-8-14(15)11-16/h7-12H,13H2,1-6H3/t20-,21+/m0/s1. The molecule has 1 heterocycles. The van der Waals surface area contributed by atoms with Gasteiger partial charge in [-0.05, 0) is 62.2 Å². The fraction of sp³-hybridized carbons (Fsp3) is 0.476. The Morgan fingerprint density at radius 2 is 1.73 bits per heavy atom. The molecule has 0 unspecified atom stereocenters. The van der Waals surface area contributed by atoms with Gasteiger partial charge in [-0.2, -0.15) is 0 Å². The molecule has 2 aromatic rings. The van der Waals surface area contributed by atoms with Crippen LogP contribution in [0.15, 0.2) is 36.4 Å². The lowest BCUT2D eigenvalue weighted by atomic mass is 9.69. The molecule has 5 nitrogen and oxygen atoms in total. The summed E-state index contributed by atoms with van der Waals surface area (Å²) in [7, 11) is 3.04. The maximum absolute atomic E-state index is 12.9. The fourth-order valence-corrected chi connectivity index (χ4v) is 3.66. The van der Waals surface area contributed by atoms with Gasteiger partial charge < -0.3 is 18.9 Å². The van der Waals surface area contributed by atoms with E-state index in [1.165, 1.54) is 7.11 Å². The third kappa shape index (κ3) is 2.85. The summed E-state index contributed by atoms with van der Waals surface area (Å²) in [4.78, 5) is 12.9. The summed E-state index contributed by atoms with van der Waals surface area (Å²) in [5, 5.41) is 2.05. The molecular formula is C21H26O5. The number of ether oxygens (including phenoxy) is 4. The molecule has 1 saturated heterocycles. The van der Waals surface area contributed by atoms with Gasteiger partial charge in [-0.15, -0.1) is 0 Å². The molecule has 0 saturated carbocycles. The fourth-order valence-electron chi connectivity index (χ4n) is 3.66. The highest BCUT2D eigenvalue weighted by atomic mass is 16.8. The molecule has 1 aliphatic heterocycles. The first-order chi connectivity index (χ1) is 12.1. The van der Waals surface area contributed by atoms with Crippen LogP contribution < -0.4 is 4.74 Å². The predicted octanol–water partition coefficient (Wildman–Crippen LogP) is 3.82. The molecule has 2 aromatic carbocycles. The first-order valence-corrected chi connectivity index (χ1v) is 8.66. The number of hydrogen-bond donors (Lipinski definition) is 0. The average Bonchev–Trinajstić information content (AvgIpc) is 2.93. The van der Waals surface area contributed by atoms with Crippen LogP contribution in [0.4, 0.5) is 0 Å². The summed E-state index contributed by atoms with van der Waals surface area (Å²) in [5.74, 6) is -0.315. The van der Waals surface area contributed by atoms with Crippen molar-refractivity contribution in [1.29, 1.82) is 0 Å². The van der Waals surface area contributed by atoms with Crippen molar-refractivity contribution in [3.05, 3.63) is 42.0 Å². The van der Waals surface area contributed by atoms with E-state index in [0.29, 0.717) is 6.61 Å². The minimum absolute atomic E-state index is 0.298. The highest BCUT2D eigenvalue weighted by Gasteiger charge is 2.59. The van der Waals surface area contributed by atoms with Crippen LogP contribution in [0.25, 0.3) is 10.8 Å². The van der Waals surface area contributed by atoms with Gasteiger partial charge in [0.15, 0.2) is 5.79 Å². The van der Waals surface area contributed by atoms with Crippen molar-refractivity contribution in [2.45, 2.75) is 44.5 Å². The topological polar surface area (TPSA) is 54.0 Å². The van der Waals surface area contributed by atoms with Gasteiger partial charge in [0.2, 0.25) is 0 Å². The second-order valence-corrected chi connectivity index (χ2v) is 7.57. The normalized spacial score (nSPS) is 24.2. The molecule has 3 rings (SSSR count). The zero-order chi connectivity index (χ0) is 19.2. The predicted molar refractivity (Wildman–Crippen MR) is 99.4 cm³/mol. The number of carbonyl (C=O) groups is 1. The van der Waals surface area contributed by atoms with Crippen LogP contribution in [0.3, 0.4) is 0 Å². The summed E-state index contributed by atoms with van der Waals surface area (Å²) in [6.45, 7) is 7.75. The molecule has 0 aromatic heterocycles. The van der Waals surface area contributed by atoms with Gasteiger partial charge in [0.25, 0.3) is 0 Å². The van der Waals surface area contributed by atoms with Crippen molar-refractivity contribution in [3.8, 4) is 5.75 Å². The first-order valence-electron chi connectivity index (χ1n) is 8.66. The summed E-state index contributed by atoms with van der Waals surface area (Å²) in [6, 6.07) is 11.8. The minimum Gasteiger partial charge on any atom is -0.497 e. The maximum atomic E-state index is 12.9. The monoisotopic (exact) mass is 358 g/mol. The summed E-state index contributed by atoms with van der Waals surface area (Å²) in [6.07, 6.45) is 0. The third-order valence-corrected chi connectivity index (χ3v) is 5.44. The minimum atomic E-state index is -1.02. The van der Waals surface area contributed by atoms with Crippen LogP contribution >= 0.6 is 0 Å². The molecule has 2 atom stereocenters. The Balaban J connectivity index is 2.14. The van der Waals surface area contributed by atoms with E-state index in [0.717, 1.165) is 22.1 Å². The van der Waals surface area contributed by atoms with Crippen LogP contribution in [0, 0.1) is 0 Å². The van der Waals surface area contributed by atoms with Gasteiger partial charge in [-0.3, -0.25) is 4.79 Å². The molecule has 0 amide bonds. The van der Waals surface area contributed by atoms with Crippen molar-refractivity contribution in [3.63, 3.8) is 0 Å². The third-order valence-electron chi connectivity index (χ3n) is 5.44. The highest BCUT2D eigenvalue weighted by Crippen LogP contribution is 2.46. The van der Waals surface area contributed by atoms with E-state index in [2.05, 4.69) is 0 Å². The molecule has 0 N–H and O–H groups in total. The Morgan fingerprint density at radius 1 is 1.08 bits per heavy atom. The number of carbonyl (C=O) groups excluding carboxylic acids is 1.